The summed E-state index contributed by atoms with van der Waals surface area (Å²) in [5.74, 6) is 2.62. The third-order valence-electron chi connectivity index (χ3n) is 8.71. The molecular formula is C41H45N8O6P3. The molecule has 0 bridgehead atoms. The molecule has 0 aromatic heterocycles. The minimum Gasteiger partial charge on any atom is -0.440 e. The molecule has 0 amide bonds. The second-order valence-corrected chi connectivity index (χ2v) is 18.0. The van der Waals surface area contributed by atoms with Crippen molar-refractivity contribution in [3.8, 4) is 34.5 Å². The molecule has 0 saturated carbocycles. The van der Waals surface area contributed by atoms with Crippen LogP contribution in [0.1, 0.15) is 27.8 Å². The van der Waals surface area contributed by atoms with Crippen LogP contribution < -0.4 is 56.4 Å². The number of hydrogen-bond donors (Lipinski definition) is 5. The largest absolute Gasteiger partial charge is 0.447 e. The first-order valence-electron chi connectivity index (χ1n) is 18.4. The van der Waals surface area contributed by atoms with Crippen molar-refractivity contribution in [2.45, 2.75) is 32.7 Å². The third-order valence-corrected chi connectivity index (χ3v) is 15.5. The average Bonchev–Trinajstić information content (AvgIpc) is 3.27. The van der Waals surface area contributed by atoms with Gasteiger partial charge in [0, 0.05) is 69.7 Å². The summed E-state index contributed by atoms with van der Waals surface area (Å²) in [5, 5.41) is 0. The standard InChI is InChI=1S/C41H45N8O6P3/c42-26-31-14-4-9-21-37(31)51-48-56(52-38-22-10-5-15-32(38)27-43)47-58(54-40-24-12-7-17-34(40)29-45,55-41-25-13-8-18-35(41)30-46)49(50-36-19-2-1-3-20-36)57(48)53-39-23-11-6-16-33(39)28-44/h1-25H,26-30,42-46H2. The monoisotopic (exact) mass is 838 g/mol. The van der Waals surface area contributed by atoms with E-state index in [9.17, 15) is 0 Å². The Labute approximate surface area is 340 Å². The van der Waals surface area contributed by atoms with E-state index in [0.29, 0.717) is 45.6 Å². The fraction of sp³-hybridized carbons (Fsp3) is 0.122. The molecule has 10 N–H and O–H groups in total. The number of nitrogens with two attached hydrogens (primary N) is 5. The lowest BCUT2D eigenvalue weighted by Crippen LogP contribution is -2.37. The van der Waals surface area contributed by atoms with Crippen molar-refractivity contribution in [1.82, 2.24) is 9.21 Å². The quantitative estimate of drug-likeness (QED) is 0.0547. The van der Waals surface area contributed by atoms with Crippen LogP contribution >= 0.6 is 24.6 Å². The molecule has 6 aromatic rings. The van der Waals surface area contributed by atoms with Crippen molar-refractivity contribution in [2.75, 3.05) is 0 Å². The van der Waals surface area contributed by atoms with Crippen molar-refractivity contribution in [2.24, 2.45) is 33.2 Å². The number of para-hydroxylation sites is 6. The van der Waals surface area contributed by atoms with E-state index in [1.54, 1.807) is 28.9 Å². The maximum atomic E-state index is 7.17. The molecule has 0 spiro atoms. The highest BCUT2D eigenvalue weighted by Crippen LogP contribution is 2.78. The van der Waals surface area contributed by atoms with Gasteiger partial charge in [-0.05, 0) is 42.5 Å². The van der Waals surface area contributed by atoms with Gasteiger partial charge in [-0.15, -0.1) is 4.52 Å². The van der Waals surface area contributed by atoms with Crippen LogP contribution in [0.2, 0.25) is 0 Å². The Morgan fingerprint density at radius 2 is 0.810 bits per heavy atom. The second kappa shape index (κ2) is 19.6. The van der Waals surface area contributed by atoms with Gasteiger partial charge >= 0.3 is 24.6 Å². The van der Waals surface area contributed by atoms with Gasteiger partial charge in [0.25, 0.3) is 0 Å². The zero-order valence-corrected chi connectivity index (χ0v) is 34.2. The lowest BCUT2D eigenvalue weighted by Gasteiger charge is -2.44. The van der Waals surface area contributed by atoms with Crippen LogP contribution in [0.5, 0.6) is 34.5 Å². The van der Waals surface area contributed by atoms with Crippen molar-refractivity contribution < 1.29 is 27.8 Å². The Morgan fingerprint density at radius 1 is 0.431 bits per heavy atom. The molecule has 0 aliphatic carbocycles. The molecule has 0 fully saturated rings. The van der Waals surface area contributed by atoms with E-state index < -0.39 is 24.6 Å². The Hall–Kier alpha value is -5.07. The van der Waals surface area contributed by atoms with Gasteiger partial charge < -0.3 is 56.4 Å². The summed E-state index contributed by atoms with van der Waals surface area (Å²) in [4.78, 5) is 13.8. The second-order valence-electron chi connectivity index (χ2n) is 12.5. The Kier molecular flexibility index (Phi) is 13.9. The van der Waals surface area contributed by atoms with E-state index >= 15 is 0 Å². The van der Waals surface area contributed by atoms with E-state index in [2.05, 4.69) is 0 Å². The molecule has 7 rings (SSSR count). The van der Waals surface area contributed by atoms with Gasteiger partial charge in [0.15, 0.2) is 5.75 Å². The highest BCUT2D eigenvalue weighted by Gasteiger charge is 2.58. The van der Waals surface area contributed by atoms with Gasteiger partial charge in [-0.3, -0.25) is 0 Å². The average molecular weight is 839 g/mol. The zero-order valence-electron chi connectivity index (χ0n) is 31.5. The SMILES string of the molecule is NCc1ccccc1ON1P(Oc2ccccc2CN)N=P(Oc2ccccc2CN)(Oc2ccccc2CN)N(Oc2ccccc2)P1Oc1ccccc1CN. The molecule has 1 aliphatic rings. The summed E-state index contributed by atoms with van der Waals surface area (Å²) >= 11 is 0. The van der Waals surface area contributed by atoms with E-state index in [-0.39, 0.29) is 32.7 Å². The van der Waals surface area contributed by atoms with Crippen molar-refractivity contribution in [3.05, 3.63) is 179 Å². The van der Waals surface area contributed by atoms with Crippen LogP contribution in [0.3, 0.4) is 0 Å². The smallest absolute Gasteiger partial charge is 0.440 e. The molecule has 6 aromatic carbocycles. The first-order valence-corrected chi connectivity index (χ1v) is 22.2. The molecule has 2 atom stereocenters. The molecule has 0 radical (unpaired) electrons. The van der Waals surface area contributed by atoms with E-state index in [1.165, 1.54) is 4.60 Å². The summed E-state index contributed by atoms with van der Waals surface area (Å²) in [6.07, 6.45) is 0. The number of benzene rings is 6. The Balaban J connectivity index is 1.56. The van der Waals surface area contributed by atoms with E-state index in [0.717, 1.165) is 16.7 Å². The maximum Gasteiger partial charge on any atom is 0.447 e. The summed E-state index contributed by atoms with van der Waals surface area (Å²) in [6.45, 7) is 0.866. The van der Waals surface area contributed by atoms with Crippen molar-refractivity contribution >= 4 is 24.6 Å². The minimum absolute atomic E-state index is 0.157. The van der Waals surface area contributed by atoms with Crippen LogP contribution in [0.4, 0.5) is 0 Å². The number of hydrogen-bond acceptors (Lipinski definition) is 14. The summed E-state index contributed by atoms with van der Waals surface area (Å²) in [6, 6.07) is 46.3. The lowest BCUT2D eigenvalue weighted by atomic mass is 10.2. The highest BCUT2D eigenvalue weighted by molar-refractivity contribution is 7.78. The van der Waals surface area contributed by atoms with Gasteiger partial charge in [-0.1, -0.05) is 109 Å². The normalized spacial score (nSPS) is 16.5. The molecule has 14 nitrogen and oxygen atoms in total. The van der Waals surface area contributed by atoms with Gasteiger partial charge in [0.05, 0.1) is 0 Å². The molecular weight excluding hydrogens is 793 g/mol. The lowest BCUT2D eigenvalue weighted by molar-refractivity contribution is 0.0538. The third kappa shape index (κ3) is 9.29. The molecule has 17 heteroatoms. The van der Waals surface area contributed by atoms with E-state index in [1.807, 2.05) is 127 Å². The summed E-state index contributed by atoms with van der Waals surface area (Å²) < 4.78 is 36.9. The van der Waals surface area contributed by atoms with Gasteiger partial charge in [0.1, 0.15) is 28.7 Å². The van der Waals surface area contributed by atoms with Crippen LogP contribution in [0, 0.1) is 0 Å². The predicted octanol–water partition coefficient (Wildman–Crippen LogP) is 8.60. The first-order chi connectivity index (χ1) is 28.5. The topological polar surface area (TPSA) is 204 Å². The summed E-state index contributed by atoms with van der Waals surface area (Å²) in [7, 11) is -8.74. The Bertz CT molecular complexity index is 2290. The van der Waals surface area contributed by atoms with Gasteiger partial charge in [0.2, 0.25) is 0 Å². The molecule has 1 aliphatic heterocycles. The molecule has 300 valence electrons. The Morgan fingerprint density at radius 3 is 1.29 bits per heavy atom. The van der Waals surface area contributed by atoms with Crippen LogP contribution in [0.25, 0.3) is 0 Å². The fourth-order valence-electron chi connectivity index (χ4n) is 5.70. The van der Waals surface area contributed by atoms with Gasteiger partial charge in [-0.2, -0.15) is 0 Å². The minimum atomic E-state index is -4.06. The predicted molar refractivity (Wildman–Crippen MR) is 229 cm³/mol. The number of rotatable bonds is 17. The first kappa shape index (κ1) is 41.1. The van der Waals surface area contributed by atoms with Crippen LogP contribution in [0.15, 0.2) is 156 Å². The highest BCUT2D eigenvalue weighted by atomic mass is 31.3. The van der Waals surface area contributed by atoms with Crippen molar-refractivity contribution in [3.63, 3.8) is 0 Å². The molecule has 2 unspecified atom stereocenters. The van der Waals surface area contributed by atoms with Crippen LogP contribution in [-0.2, 0) is 32.7 Å². The van der Waals surface area contributed by atoms with Crippen molar-refractivity contribution in [1.29, 1.82) is 0 Å². The number of nitrogens with zero attached hydrogens (tertiary/aromatic N) is 3. The fourth-order valence-corrected chi connectivity index (χ4v) is 13.3. The molecule has 1 heterocycles. The summed E-state index contributed by atoms with van der Waals surface area (Å²) in [5.41, 5.74) is 35.0. The molecule has 0 saturated heterocycles. The zero-order chi connectivity index (χ0) is 40.3. The van der Waals surface area contributed by atoms with Gasteiger partial charge in [-0.25, -0.2) is 0 Å². The maximum absolute atomic E-state index is 7.17. The van der Waals surface area contributed by atoms with Crippen LogP contribution in [-0.4, -0.2) is 9.21 Å². The molecule has 58 heavy (non-hydrogen) atoms. The van der Waals surface area contributed by atoms with E-state index in [4.69, 9.17) is 61.0 Å².